The number of hydrogen-bond donors (Lipinski definition) is 2. The van der Waals surface area contributed by atoms with Crippen molar-refractivity contribution in [1.29, 1.82) is 0 Å². The molecule has 1 aromatic carbocycles. The molecule has 2 N–H and O–H groups in total. The van der Waals surface area contributed by atoms with Crippen molar-refractivity contribution in [2.75, 3.05) is 5.32 Å². The number of nitrogens with zero attached hydrogens (tertiary/aromatic N) is 3. The predicted molar refractivity (Wildman–Crippen MR) is 101 cm³/mol. The third-order valence-electron chi connectivity index (χ3n) is 5.00. The number of amides is 2. The quantitative estimate of drug-likeness (QED) is 0.682. The molecule has 1 aliphatic carbocycles. The SMILES string of the molecule is O=C(Nc1ccc(F)c(-n2cccc2)c1)C(=O)N[C@@H]1CCC[C@H]1n1ccnc1. The lowest BCUT2D eigenvalue weighted by molar-refractivity contribution is -0.136. The lowest BCUT2D eigenvalue weighted by Crippen LogP contribution is -2.43. The van der Waals surface area contributed by atoms with E-state index in [1.807, 2.05) is 10.8 Å². The Balaban J connectivity index is 1.42. The largest absolute Gasteiger partial charge is 0.343 e. The van der Waals surface area contributed by atoms with Crippen molar-refractivity contribution in [2.24, 2.45) is 0 Å². The lowest BCUT2D eigenvalue weighted by Gasteiger charge is -2.21. The van der Waals surface area contributed by atoms with E-state index >= 15 is 0 Å². The average Bonchev–Trinajstić information content (AvgIpc) is 3.45. The highest BCUT2D eigenvalue weighted by Crippen LogP contribution is 2.29. The number of rotatable bonds is 4. The van der Waals surface area contributed by atoms with E-state index in [0.717, 1.165) is 19.3 Å². The van der Waals surface area contributed by atoms with Gasteiger partial charge in [-0.25, -0.2) is 9.37 Å². The highest BCUT2D eigenvalue weighted by molar-refractivity contribution is 6.39. The molecule has 2 amide bonds. The van der Waals surface area contributed by atoms with Gasteiger partial charge in [-0.2, -0.15) is 0 Å². The van der Waals surface area contributed by atoms with Gasteiger partial charge in [-0.15, -0.1) is 0 Å². The van der Waals surface area contributed by atoms with Gasteiger partial charge in [0.05, 0.1) is 24.1 Å². The van der Waals surface area contributed by atoms with E-state index in [1.54, 1.807) is 41.6 Å². The van der Waals surface area contributed by atoms with Crippen LogP contribution in [-0.2, 0) is 9.59 Å². The van der Waals surface area contributed by atoms with Crippen molar-refractivity contribution >= 4 is 17.5 Å². The predicted octanol–water partition coefficient (Wildman–Crippen LogP) is 2.66. The lowest BCUT2D eigenvalue weighted by atomic mass is 10.1. The van der Waals surface area contributed by atoms with Crippen LogP contribution in [0.25, 0.3) is 5.69 Å². The first kappa shape index (κ1) is 18.0. The van der Waals surface area contributed by atoms with E-state index in [2.05, 4.69) is 15.6 Å². The van der Waals surface area contributed by atoms with Gasteiger partial charge in [0.2, 0.25) is 0 Å². The average molecular weight is 381 g/mol. The van der Waals surface area contributed by atoms with E-state index in [-0.39, 0.29) is 12.1 Å². The maximum Gasteiger partial charge on any atom is 0.313 e. The molecule has 0 bridgehead atoms. The van der Waals surface area contributed by atoms with Gasteiger partial charge in [0.1, 0.15) is 5.82 Å². The molecule has 4 rings (SSSR count). The smallest absolute Gasteiger partial charge is 0.313 e. The normalized spacial score (nSPS) is 18.8. The molecule has 2 atom stereocenters. The number of carbonyl (C=O) groups is 2. The molecule has 0 unspecified atom stereocenters. The van der Waals surface area contributed by atoms with Crippen molar-refractivity contribution in [3.05, 3.63) is 67.3 Å². The third kappa shape index (κ3) is 3.66. The standard InChI is InChI=1S/C20H20FN5O2/c21-15-7-6-14(12-18(15)25-9-1-2-10-25)23-19(27)20(28)24-16-4-3-5-17(16)26-11-8-22-13-26/h1-2,6-13,16-17H,3-5H2,(H,23,27)(H,24,28)/t16-,17-/m1/s1. The van der Waals surface area contributed by atoms with Gasteiger partial charge >= 0.3 is 11.8 Å². The van der Waals surface area contributed by atoms with Crippen LogP contribution < -0.4 is 10.6 Å². The fraction of sp³-hybridized carbons (Fsp3) is 0.250. The number of anilines is 1. The molecule has 2 heterocycles. The summed E-state index contributed by atoms with van der Waals surface area (Å²) < 4.78 is 17.6. The van der Waals surface area contributed by atoms with Gasteiger partial charge in [0.25, 0.3) is 0 Å². The van der Waals surface area contributed by atoms with Crippen molar-refractivity contribution in [3.63, 3.8) is 0 Å². The van der Waals surface area contributed by atoms with Crippen LogP contribution in [0.2, 0.25) is 0 Å². The first-order valence-corrected chi connectivity index (χ1v) is 9.14. The van der Waals surface area contributed by atoms with E-state index in [0.29, 0.717) is 11.4 Å². The summed E-state index contributed by atoms with van der Waals surface area (Å²) >= 11 is 0. The van der Waals surface area contributed by atoms with Crippen molar-refractivity contribution in [3.8, 4) is 5.69 Å². The molecule has 3 aromatic rings. The number of imidazole rings is 1. The summed E-state index contributed by atoms with van der Waals surface area (Å²) in [4.78, 5) is 28.8. The molecule has 0 spiro atoms. The molecule has 28 heavy (non-hydrogen) atoms. The molecule has 8 heteroatoms. The van der Waals surface area contributed by atoms with Gasteiger partial charge in [-0.3, -0.25) is 9.59 Å². The number of halogens is 1. The molecular formula is C20H20FN5O2. The number of hydrogen-bond acceptors (Lipinski definition) is 3. The minimum atomic E-state index is -0.777. The van der Waals surface area contributed by atoms with Crippen molar-refractivity contribution < 1.29 is 14.0 Å². The number of nitrogens with one attached hydrogen (secondary N) is 2. The number of benzene rings is 1. The summed E-state index contributed by atoms with van der Waals surface area (Å²) in [5.41, 5.74) is 0.641. The Kier molecular flexibility index (Phi) is 4.92. The van der Waals surface area contributed by atoms with Crippen LogP contribution in [-0.4, -0.2) is 32.0 Å². The van der Waals surface area contributed by atoms with Crippen molar-refractivity contribution in [2.45, 2.75) is 31.3 Å². The van der Waals surface area contributed by atoms with Crippen LogP contribution in [0.3, 0.4) is 0 Å². The first-order valence-electron chi connectivity index (χ1n) is 9.14. The second kappa shape index (κ2) is 7.67. The zero-order valence-corrected chi connectivity index (χ0v) is 15.1. The Labute approximate surface area is 161 Å². The Morgan fingerprint density at radius 2 is 1.93 bits per heavy atom. The third-order valence-corrected chi connectivity index (χ3v) is 5.00. The van der Waals surface area contributed by atoms with E-state index in [1.165, 1.54) is 18.2 Å². The summed E-state index contributed by atoms with van der Waals surface area (Å²) in [6.07, 6.45) is 11.4. The maximum atomic E-state index is 14.1. The van der Waals surface area contributed by atoms with Crippen LogP contribution in [0.4, 0.5) is 10.1 Å². The first-order chi connectivity index (χ1) is 13.6. The molecule has 2 aromatic heterocycles. The molecule has 0 aliphatic heterocycles. The van der Waals surface area contributed by atoms with E-state index in [4.69, 9.17) is 0 Å². The topological polar surface area (TPSA) is 81.0 Å². The molecule has 1 aliphatic rings. The molecule has 0 saturated heterocycles. The molecule has 1 saturated carbocycles. The minimum Gasteiger partial charge on any atom is -0.343 e. The summed E-state index contributed by atoms with van der Waals surface area (Å²) in [5.74, 6) is -1.90. The molecular weight excluding hydrogens is 361 g/mol. The zero-order chi connectivity index (χ0) is 19.5. The van der Waals surface area contributed by atoms with Gasteiger partial charge in [0, 0.05) is 30.5 Å². The fourth-order valence-electron chi connectivity index (χ4n) is 3.64. The fourth-order valence-corrected chi connectivity index (χ4v) is 3.64. The molecule has 0 radical (unpaired) electrons. The summed E-state index contributed by atoms with van der Waals surface area (Å²) in [7, 11) is 0. The van der Waals surface area contributed by atoms with Crippen LogP contribution in [0.15, 0.2) is 61.4 Å². The van der Waals surface area contributed by atoms with E-state index in [9.17, 15) is 14.0 Å². The van der Waals surface area contributed by atoms with Crippen molar-refractivity contribution in [1.82, 2.24) is 19.4 Å². The van der Waals surface area contributed by atoms with Crippen LogP contribution >= 0.6 is 0 Å². The highest BCUT2D eigenvalue weighted by atomic mass is 19.1. The highest BCUT2D eigenvalue weighted by Gasteiger charge is 2.31. The van der Waals surface area contributed by atoms with E-state index < -0.39 is 17.6 Å². The summed E-state index contributed by atoms with van der Waals surface area (Å²) in [6, 6.07) is 7.69. The Morgan fingerprint density at radius 3 is 2.68 bits per heavy atom. The zero-order valence-electron chi connectivity index (χ0n) is 15.1. The van der Waals surface area contributed by atoms with Gasteiger partial charge in [-0.1, -0.05) is 0 Å². The van der Waals surface area contributed by atoms with Gasteiger partial charge in [0.15, 0.2) is 0 Å². The summed E-state index contributed by atoms with van der Waals surface area (Å²) in [5, 5.41) is 5.36. The molecule has 144 valence electrons. The second-order valence-electron chi connectivity index (χ2n) is 6.80. The molecule has 7 nitrogen and oxygen atoms in total. The number of carbonyl (C=O) groups excluding carboxylic acids is 2. The number of aromatic nitrogens is 3. The maximum absolute atomic E-state index is 14.1. The molecule has 1 fully saturated rings. The minimum absolute atomic E-state index is 0.0883. The van der Waals surface area contributed by atoms with Gasteiger partial charge in [-0.05, 0) is 49.6 Å². The summed E-state index contributed by atoms with van der Waals surface area (Å²) in [6.45, 7) is 0. The van der Waals surface area contributed by atoms with Gasteiger partial charge < -0.3 is 19.8 Å². The Bertz CT molecular complexity index is 969. The van der Waals surface area contributed by atoms with Crippen LogP contribution in [0.5, 0.6) is 0 Å². The van der Waals surface area contributed by atoms with Crippen LogP contribution in [0.1, 0.15) is 25.3 Å². The Morgan fingerprint density at radius 1 is 1.11 bits per heavy atom. The van der Waals surface area contributed by atoms with Crippen LogP contribution in [0, 0.1) is 5.82 Å². The Hall–Kier alpha value is -3.42. The monoisotopic (exact) mass is 381 g/mol. The second-order valence-corrected chi connectivity index (χ2v) is 6.80.